The fraction of sp³-hybridized carbons (Fsp3) is 0.929. The minimum absolute atomic E-state index is 0.157. The maximum absolute atomic E-state index is 12.1. The number of carbonyl (C=O) groups is 1. The number of ether oxygens (including phenoxy) is 1. The van der Waals surface area contributed by atoms with Gasteiger partial charge in [-0.15, -0.1) is 0 Å². The highest BCUT2D eigenvalue weighted by Crippen LogP contribution is 2.28. The molecule has 0 spiro atoms. The Labute approximate surface area is 110 Å². The summed E-state index contributed by atoms with van der Waals surface area (Å²) in [5.74, 6) is 0.381. The first kappa shape index (κ1) is 13.8. The molecule has 0 aromatic carbocycles. The topological polar surface area (TPSA) is 50.4 Å². The summed E-state index contributed by atoms with van der Waals surface area (Å²) < 4.78 is 5.38. The first-order chi connectivity index (χ1) is 8.59. The van der Waals surface area contributed by atoms with Crippen molar-refractivity contribution in [3.8, 4) is 0 Å². The molecule has 2 aliphatic heterocycles. The van der Waals surface area contributed by atoms with Gasteiger partial charge in [0.1, 0.15) is 0 Å². The molecular formula is C14H26N2O2. The van der Waals surface area contributed by atoms with Gasteiger partial charge in [0.2, 0.25) is 5.91 Å². The molecule has 4 heteroatoms. The van der Waals surface area contributed by atoms with E-state index in [1.165, 1.54) is 0 Å². The Morgan fingerprint density at radius 3 is 2.72 bits per heavy atom. The average Bonchev–Trinajstić information content (AvgIpc) is 2.38. The van der Waals surface area contributed by atoms with Crippen molar-refractivity contribution < 1.29 is 9.53 Å². The molecule has 2 atom stereocenters. The van der Waals surface area contributed by atoms with Crippen LogP contribution in [0, 0.1) is 11.3 Å². The molecule has 0 aliphatic carbocycles. The van der Waals surface area contributed by atoms with Crippen LogP contribution >= 0.6 is 0 Å². The summed E-state index contributed by atoms with van der Waals surface area (Å²) in [4.78, 5) is 12.1. The summed E-state index contributed by atoms with van der Waals surface area (Å²) in [6, 6.07) is 0.557. The van der Waals surface area contributed by atoms with Crippen molar-refractivity contribution in [3.63, 3.8) is 0 Å². The Kier molecular flexibility index (Phi) is 4.62. The minimum Gasteiger partial charge on any atom is -0.381 e. The van der Waals surface area contributed by atoms with Gasteiger partial charge in [-0.2, -0.15) is 0 Å². The summed E-state index contributed by atoms with van der Waals surface area (Å²) >= 11 is 0. The third-order valence-electron chi connectivity index (χ3n) is 4.42. The number of nitrogens with one attached hydrogen (secondary N) is 2. The lowest BCUT2D eigenvalue weighted by Gasteiger charge is -2.34. The van der Waals surface area contributed by atoms with Crippen LogP contribution < -0.4 is 10.6 Å². The van der Waals surface area contributed by atoms with Crippen LogP contribution in [0.1, 0.15) is 39.5 Å². The van der Waals surface area contributed by atoms with Crippen molar-refractivity contribution in [3.05, 3.63) is 0 Å². The molecule has 2 saturated heterocycles. The maximum Gasteiger partial charge on any atom is 0.224 e. The van der Waals surface area contributed by atoms with Crippen molar-refractivity contribution in [1.82, 2.24) is 10.6 Å². The Balaban J connectivity index is 1.74. The standard InChI is InChI=1S/C14H26N2O2/c1-11-3-4-12(9-15-11)13(17)16-10-14(2)5-7-18-8-6-14/h11-12,15H,3-10H2,1-2H3,(H,16,17). The van der Waals surface area contributed by atoms with Crippen LogP contribution in [-0.4, -0.2) is 38.3 Å². The summed E-state index contributed by atoms with van der Waals surface area (Å²) in [7, 11) is 0. The third kappa shape index (κ3) is 3.69. The zero-order valence-electron chi connectivity index (χ0n) is 11.6. The highest BCUT2D eigenvalue weighted by molar-refractivity contribution is 5.79. The normalized spacial score (nSPS) is 31.9. The number of piperidine rings is 1. The van der Waals surface area contributed by atoms with E-state index in [1.807, 2.05) is 0 Å². The average molecular weight is 254 g/mol. The van der Waals surface area contributed by atoms with Gasteiger partial charge < -0.3 is 15.4 Å². The van der Waals surface area contributed by atoms with Crippen LogP contribution in [-0.2, 0) is 9.53 Å². The molecule has 0 bridgehead atoms. The van der Waals surface area contributed by atoms with E-state index in [-0.39, 0.29) is 17.2 Å². The molecule has 0 aromatic heterocycles. The van der Waals surface area contributed by atoms with Gasteiger partial charge >= 0.3 is 0 Å². The van der Waals surface area contributed by atoms with E-state index < -0.39 is 0 Å². The van der Waals surface area contributed by atoms with Gasteiger partial charge in [0.05, 0.1) is 5.92 Å². The summed E-state index contributed by atoms with van der Waals surface area (Å²) in [6.45, 7) is 7.70. The molecule has 0 saturated carbocycles. The van der Waals surface area contributed by atoms with Crippen molar-refractivity contribution >= 4 is 5.91 Å². The number of hydrogen-bond acceptors (Lipinski definition) is 3. The summed E-state index contributed by atoms with van der Waals surface area (Å²) in [5, 5.41) is 6.52. The molecule has 2 aliphatic rings. The molecule has 2 fully saturated rings. The number of carbonyl (C=O) groups excluding carboxylic acids is 1. The minimum atomic E-state index is 0.157. The van der Waals surface area contributed by atoms with E-state index in [2.05, 4.69) is 24.5 Å². The zero-order valence-corrected chi connectivity index (χ0v) is 11.6. The van der Waals surface area contributed by atoms with E-state index >= 15 is 0 Å². The van der Waals surface area contributed by atoms with Gasteiger partial charge in [-0.3, -0.25) is 4.79 Å². The van der Waals surface area contributed by atoms with Gasteiger partial charge in [0.15, 0.2) is 0 Å². The molecule has 1 amide bonds. The van der Waals surface area contributed by atoms with Crippen LogP contribution in [0.25, 0.3) is 0 Å². The van der Waals surface area contributed by atoms with Gasteiger partial charge in [-0.25, -0.2) is 0 Å². The SMILES string of the molecule is CC1CCC(C(=O)NCC2(C)CCOCC2)CN1. The zero-order chi connectivity index (χ0) is 13.0. The van der Waals surface area contributed by atoms with Gasteiger partial charge in [0, 0.05) is 32.3 Å². The molecule has 2 heterocycles. The van der Waals surface area contributed by atoms with Crippen LogP contribution in [0.5, 0.6) is 0 Å². The number of amides is 1. The van der Waals surface area contributed by atoms with Gasteiger partial charge in [-0.05, 0) is 38.0 Å². The monoisotopic (exact) mass is 254 g/mol. The Hall–Kier alpha value is -0.610. The van der Waals surface area contributed by atoms with Crippen LogP contribution in [0.3, 0.4) is 0 Å². The van der Waals surface area contributed by atoms with Crippen molar-refractivity contribution in [1.29, 1.82) is 0 Å². The van der Waals surface area contributed by atoms with E-state index in [4.69, 9.17) is 4.74 Å². The highest BCUT2D eigenvalue weighted by Gasteiger charge is 2.30. The largest absolute Gasteiger partial charge is 0.381 e. The predicted octanol–water partition coefficient (Wildman–Crippen LogP) is 1.31. The van der Waals surface area contributed by atoms with Crippen molar-refractivity contribution in [2.45, 2.75) is 45.6 Å². The molecule has 2 unspecified atom stereocenters. The molecule has 4 nitrogen and oxygen atoms in total. The predicted molar refractivity (Wildman–Crippen MR) is 71.4 cm³/mol. The second kappa shape index (κ2) is 6.02. The lowest BCUT2D eigenvalue weighted by Crippen LogP contribution is -2.47. The van der Waals surface area contributed by atoms with Gasteiger partial charge in [0.25, 0.3) is 0 Å². The number of hydrogen-bond donors (Lipinski definition) is 2. The number of rotatable bonds is 3. The molecule has 104 valence electrons. The first-order valence-electron chi connectivity index (χ1n) is 7.18. The molecule has 0 aromatic rings. The van der Waals surface area contributed by atoms with Gasteiger partial charge in [-0.1, -0.05) is 6.92 Å². The van der Waals surface area contributed by atoms with E-state index in [1.54, 1.807) is 0 Å². The van der Waals surface area contributed by atoms with Crippen molar-refractivity contribution in [2.75, 3.05) is 26.3 Å². The second-order valence-electron chi connectivity index (χ2n) is 6.22. The fourth-order valence-corrected chi connectivity index (χ4v) is 2.71. The molecule has 2 N–H and O–H groups in total. The van der Waals surface area contributed by atoms with Crippen molar-refractivity contribution in [2.24, 2.45) is 11.3 Å². The fourth-order valence-electron chi connectivity index (χ4n) is 2.71. The quantitative estimate of drug-likeness (QED) is 0.798. The summed E-state index contributed by atoms with van der Waals surface area (Å²) in [6.07, 6.45) is 4.21. The summed E-state index contributed by atoms with van der Waals surface area (Å²) in [5.41, 5.74) is 0.225. The van der Waals surface area contributed by atoms with E-state index in [0.717, 1.165) is 52.0 Å². The van der Waals surface area contributed by atoms with Crippen LogP contribution in [0.4, 0.5) is 0 Å². The molecule has 0 radical (unpaired) electrons. The van der Waals surface area contributed by atoms with E-state index in [0.29, 0.717) is 6.04 Å². The van der Waals surface area contributed by atoms with E-state index in [9.17, 15) is 4.79 Å². The maximum atomic E-state index is 12.1. The third-order valence-corrected chi connectivity index (χ3v) is 4.42. The first-order valence-corrected chi connectivity index (χ1v) is 7.18. The lowest BCUT2D eigenvalue weighted by atomic mass is 9.82. The Morgan fingerprint density at radius 1 is 1.39 bits per heavy atom. The second-order valence-corrected chi connectivity index (χ2v) is 6.22. The molecule has 2 rings (SSSR count). The van der Waals surface area contributed by atoms with Crippen LogP contribution in [0.15, 0.2) is 0 Å². The molecule has 18 heavy (non-hydrogen) atoms. The Bertz CT molecular complexity index is 280. The Morgan fingerprint density at radius 2 is 2.11 bits per heavy atom. The lowest BCUT2D eigenvalue weighted by molar-refractivity contribution is -0.126. The molecular weight excluding hydrogens is 228 g/mol. The highest BCUT2D eigenvalue weighted by atomic mass is 16.5. The van der Waals surface area contributed by atoms with Crippen LogP contribution in [0.2, 0.25) is 0 Å². The smallest absolute Gasteiger partial charge is 0.224 e.